The Balaban J connectivity index is 0.00000683. The van der Waals surface area contributed by atoms with Gasteiger partial charge in [0.25, 0.3) is 0 Å². The first-order chi connectivity index (χ1) is 42.2. The molecule has 5 rings (SSSR count). The lowest BCUT2D eigenvalue weighted by atomic mass is 9.87. The summed E-state index contributed by atoms with van der Waals surface area (Å²) >= 11 is 0. The standard InChI is InChI=1S/C67H91N9O10.C2H6.CH4/c1-44(2)33-56(75-64(83)51(35-46-21-9-5-10-22-46)40-58(77)53(68)37-48-25-13-7-14-26-48)60(79)39-50-29-17-19-31-70-62(81)43-73-66(85)55(30-18-20-32-71-61(80)42-72-63(50)82)74-67(86)57(34-45(3)4)76-65(84)52(36-47-23-11-6-12-24-47)41-59(78)54(69)38-49-27-15-8-16-28-49;1-2;/h5-16,21-28,44-45,50-57H,17-20,29-43,68-69H2,1-4H3,(H,70,81)(H,71,80)(H,72,82)(H,73,85)(H,74,86)(H,75,83)(H,76,84);1-2H3;1H4/t50-,51-,52-,53+,54+,55+,56+,57+;;/m0../s1. The predicted molar refractivity (Wildman–Crippen MR) is 348 cm³/mol. The molecule has 89 heavy (non-hydrogen) atoms. The number of carbonyl (C=O) groups is 10. The molecular formula is C70H101N9O10. The fraction of sp³-hybridized carbons (Fsp3) is 0.514. The molecule has 1 aliphatic rings. The molecule has 0 spiro atoms. The van der Waals surface area contributed by atoms with Crippen LogP contribution in [-0.2, 0) is 73.6 Å². The van der Waals surface area contributed by atoms with E-state index in [2.05, 4.69) is 37.2 Å². The minimum atomic E-state index is -1.14. The largest absolute Gasteiger partial charge is 0.355 e. The highest BCUT2D eigenvalue weighted by molar-refractivity contribution is 5.97. The van der Waals surface area contributed by atoms with Crippen LogP contribution in [0.5, 0.6) is 0 Å². The van der Waals surface area contributed by atoms with Gasteiger partial charge in [-0.05, 0) is 105 Å². The number of hydrogen-bond acceptors (Lipinski definition) is 12. The molecule has 11 N–H and O–H groups in total. The lowest BCUT2D eigenvalue weighted by Crippen LogP contribution is -2.55. The van der Waals surface area contributed by atoms with Gasteiger partial charge in [-0.2, -0.15) is 0 Å². The molecule has 1 aliphatic heterocycles. The maximum atomic E-state index is 14.3. The van der Waals surface area contributed by atoms with Crippen molar-refractivity contribution < 1.29 is 47.9 Å². The van der Waals surface area contributed by atoms with Gasteiger partial charge in [0.05, 0.1) is 31.2 Å². The van der Waals surface area contributed by atoms with Gasteiger partial charge in [0.1, 0.15) is 12.1 Å². The summed E-state index contributed by atoms with van der Waals surface area (Å²) in [5, 5.41) is 19.5. The molecule has 0 radical (unpaired) electrons. The molecule has 0 bridgehead atoms. The Morgan fingerprint density at radius 3 is 1.26 bits per heavy atom. The summed E-state index contributed by atoms with van der Waals surface area (Å²) < 4.78 is 0. The number of amides is 7. The normalized spacial score (nSPS) is 17.5. The predicted octanol–water partition coefficient (Wildman–Crippen LogP) is 6.37. The Kier molecular flexibility index (Phi) is 35.0. The third kappa shape index (κ3) is 28.9. The molecule has 4 aromatic carbocycles. The number of carbonyl (C=O) groups excluding carboxylic acids is 10. The molecule has 0 unspecified atom stereocenters. The molecule has 0 aromatic heterocycles. The molecule has 1 saturated heterocycles. The lowest BCUT2D eigenvalue weighted by molar-refractivity contribution is -0.135. The van der Waals surface area contributed by atoms with Crippen LogP contribution in [0.15, 0.2) is 121 Å². The lowest BCUT2D eigenvalue weighted by Gasteiger charge is -2.26. The van der Waals surface area contributed by atoms with Crippen LogP contribution in [0.2, 0.25) is 0 Å². The quantitative estimate of drug-likeness (QED) is 0.0315. The second-order valence-electron chi connectivity index (χ2n) is 23.6. The van der Waals surface area contributed by atoms with E-state index in [0.717, 1.165) is 22.3 Å². The van der Waals surface area contributed by atoms with E-state index in [1.807, 2.05) is 163 Å². The molecule has 486 valence electrons. The van der Waals surface area contributed by atoms with Crippen molar-refractivity contribution in [2.75, 3.05) is 26.2 Å². The highest BCUT2D eigenvalue weighted by Crippen LogP contribution is 2.22. The van der Waals surface area contributed by atoms with Crippen molar-refractivity contribution in [3.8, 4) is 0 Å². The van der Waals surface area contributed by atoms with E-state index >= 15 is 0 Å². The minimum Gasteiger partial charge on any atom is -0.355 e. The monoisotopic (exact) mass is 1230 g/mol. The summed E-state index contributed by atoms with van der Waals surface area (Å²) in [5.41, 5.74) is 16.2. The first-order valence-corrected chi connectivity index (χ1v) is 31.5. The summed E-state index contributed by atoms with van der Waals surface area (Å²) in [7, 11) is 0. The van der Waals surface area contributed by atoms with E-state index < -0.39 is 102 Å². The second kappa shape index (κ2) is 41.3. The highest BCUT2D eigenvalue weighted by Gasteiger charge is 2.34. The van der Waals surface area contributed by atoms with Gasteiger partial charge >= 0.3 is 0 Å². The SMILES string of the molecule is C.CC.CC(C)C[C@@H](NC(=O)[C@H](CC(=O)[C@H](N)Cc1ccccc1)Cc1ccccc1)C(=O)C[C@@H]1CCCCNC(=O)CNC(=O)[C@H](NC(=O)[C@@H](CC(C)C)NC(=O)[C@H](CC(=O)[C@H](N)Cc2ccccc2)Cc2ccccc2)CCCCNC(=O)CNC1=O. The Bertz CT molecular complexity index is 2630. The van der Waals surface area contributed by atoms with Crippen LogP contribution in [0.4, 0.5) is 0 Å². The van der Waals surface area contributed by atoms with Gasteiger partial charge in [-0.15, -0.1) is 0 Å². The number of nitrogens with one attached hydrogen (secondary N) is 7. The Morgan fingerprint density at radius 1 is 0.472 bits per heavy atom. The molecule has 19 heteroatoms. The average Bonchev–Trinajstić information content (AvgIpc) is 3.55. The van der Waals surface area contributed by atoms with E-state index in [0.29, 0.717) is 38.5 Å². The first kappa shape index (κ1) is 75.4. The molecule has 19 nitrogen and oxygen atoms in total. The number of hydrogen-bond donors (Lipinski definition) is 9. The average molecular weight is 1230 g/mol. The van der Waals surface area contributed by atoms with E-state index in [1.165, 1.54) is 0 Å². The molecule has 1 fully saturated rings. The molecule has 4 aromatic rings. The van der Waals surface area contributed by atoms with Crippen LogP contribution in [0.3, 0.4) is 0 Å². The van der Waals surface area contributed by atoms with Gasteiger partial charge < -0.3 is 48.7 Å². The molecule has 0 aliphatic carbocycles. The molecule has 0 saturated carbocycles. The van der Waals surface area contributed by atoms with Crippen molar-refractivity contribution in [3.05, 3.63) is 144 Å². The van der Waals surface area contributed by atoms with Crippen molar-refractivity contribution in [1.29, 1.82) is 0 Å². The maximum Gasteiger partial charge on any atom is 0.243 e. The van der Waals surface area contributed by atoms with Gasteiger partial charge in [-0.1, -0.05) is 177 Å². The first-order valence-electron chi connectivity index (χ1n) is 31.5. The fourth-order valence-corrected chi connectivity index (χ4v) is 10.5. The number of rotatable bonds is 27. The van der Waals surface area contributed by atoms with E-state index in [9.17, 15) is 47.9 Å². The maximum absolute atomic E-state index is 14.3. The van der Waals surface area contributed by atoms with Crippen molar-refractivity contribution in [3.63, 3.8) is 0 Å². The molecule has 8 atom stereocenters. The topological polar surface area (TPSA) is 307 Å². The molecule has 7 amide bonds. The van der Waals surface area contributed by atoms with Gasteiger partial charge in [-0.25, -0.2) is 0 Å². The van der Waals surface area contributed by atoms with Gasteiger partial charge in [-0.3, -0.25) is 47.9 Å². The van der Waals surface area contributed by atoms with Gasteiger partial charge in [0.2, 0.25) is 41.4 Å². The molecular weight excluding hydrogens is 1130 g/mol. The summed E-state index contributed by atoms with van der Waals surface area (Å²) in [6.45, 7) is 11.1. The van der Waals surface area contributed by atoms with Gasteiger partial charge in [0, 0.05) is 50.1 Å². The fourth-order valence-electron chi connectivity index (χ4n) is 10.5. The Labute approximate surface area is 528 Å². The number of ketones is 3. The smallest absolute Gasteiger partial charge is 0.243 e. The minimum absolute atomic E-state index is 0. The summed E-state index contributed by atoms with van der Waals surface area (Å²) in [4.78, 5) is 138. The number of Topliss-reactive ketones (excluding diaryl/α,β-unsaturated/α-hetero) is 3. The Morgan fingerprint density at radius 2 is 0.843 bits per heavy atom. The highest BCUT2D eigenvalue weighted by atomic mass is 16.2. The van der Waals surface area contributed by atoms with Gasteiger partial charge in [0.15, 0.2) is 17.3 Å². The zero-order chi connectivity index (χ0) is 64.4. The van der Waals surface area contributed by atoms with E-state index in [-0.39, 0.29) is 107 Å². The second-order valence-corrected chi connectivity index (χ2v) is 23.6. The third-order valence-corrected chi connectivity index (χ3v) is 15.3. The van der Waals surface area contributed by atoms with Crippen LogP contribution in [0.1, 0.15) is 142 Å². The van der Waals surface area contributed by atoms with Crippen molar-refractivity contribution >= 4 is 58.7 Å². The zero-order valence-electron chi connectivity index (χ0n) is 52.5. The van der Waals surface area contributed by atoms with Crippen LogP contribution < -0.4 is 48.7 Å². The van der Waals surface area contributed by atoms with E-state index in [1.54, 1.807) is 0 Å². The van der Waals surface area contributed by atoms with Crippen molar-refractivity contribution in [2.45, 2.75) is 175 Å². The van der Waals surface area contributed by atoms with Crippen LogP contribution >= 0.6 is 0 Å². The summed E-state index contributed by atoms with van der Waals surface area (Å²) in [6, 6.07) is 32.3. The molecule has 1 heterocycles. The van der Waals surface area contributed by atoms with Crippen molar-refractivity contribution in [1.82, 2.24) is 37.2 Å². The zero-order valence-corrected chi connectivity index (χ0v) is 52.5. The third-order valence-electron chi connectivity index (χ3n) is 15.3. The van der Waals surface area contributed by atoms with Crippen LogP contribution in [-0.4, -0.2) is 115 Å². The Hall–Kier alpha value is -7.90. The number of nitrogens with two attached hydrogens (primary N) is 2. The van der Waals surface area contributed by atoms with E-state index in [4.69, 9.17) is 11.5 Å². The van der Waals surface area contributed by atoms with Crippen LogP contribution in [0, 0.1) is 29.6 Å². The summed E-state index contributed by atoms with van der Waals surface area (Å²) in [6.07, 6.45) is 2.68. The van der Waals surface area contributed by atoms with Crippen molar-refractivity contribution in [2.24, 2.45) is 41.1 Å². The summed E-state index contributed by atoms with van der Waals surface area (Å²) in [5.74, 6) is -7.48. The number of benzene rings is 4. The van der Waals surface area contributed by atoms with Crippen LogP contribution in [0.25, 0.3) is 0 Å².